The van der Waals surface area contributed by atoms with Crippen molar-refractivity contribution >= 4 is 47.2 Å². The summed E-state index contributed by atoms with van der Waals surface area (Å²) < 4.78 is 30.9. The third-order valence-electron chi connectivity index (χ3n) is 5.25. The number of halogens is 2. The van der Waals surface area contributed by atoms with Gasteiger partial charge in [-0.2, -0.15) is 4.90 Å². The number of esters is 1. The molecule has 9 nitrogen and oxygen atoms in total. The molecule has 1 aromatic heterocycles. The van der Waals surface area contributed by atoms with Crippen LogP contribution < -0.4 is 4.90 Å². The van der Waals surface area contributed by atoms with Crippen molar-refractivity contribution in [3.05, 3.63) is 35.1 Å². The van der Waals surface area contributed by atoms with Crippen molar-refractivity contribution in [1.82, 2.24) is 10.2 Å². The van der Waals surface area contributed by atoms with Crippen molar-refractivity contribution < 1.29 is 33.0 Å². The number of amides is 2. The van der Waals surface area contributed by atoms with Crippen LogP contribution in [0, 0.1) is 11.2 Å². The van der Waals surface area contributed by atoms with E-state index in [-0.39, 0.29) is 38.7 Å². The van der Waals surface area contributed by atoms with Crippen LogP contribution in [0.3, 0.4) is 0 Å². The van der Waals surface area contributed by atoms with Crippen LogP contribution >= 0.6 is 23.4 Å². The molecule has 2 amide bonds. The van der Waals surface area contributed by atoms with Gasteiger partial charge in [0.1, 0.15) is 22.0 Å². The van der Waals surface area contributed by atoms with Crippen molar-refractivity contribution in [2.24, 2.45) is 5.41 Å². The zero-order valence-corrected chi connectivity index (χ0v) is 24.0. The van der Waals surface area contributed by atoms with Gasteiger partial charge in [0, 0.05) is 16.3 Å². The monoisotopic (exact) mass is 567 g/mol. The van der Waals surface area contributed by atoms with E-state index in [0.717, 1.165) is 11.8 Å². The first-order valence-corrected chi connectivity index (χ1v) is 13.2. The van der Waals surface area contributed by atoms with E-state index in [1.807, 2.05) is 0 Å². The Kier molecular flexibility index (Phi) is 8.62. The lowest BCUT2D eigenvalue weighted by Crippen LogP contribution is -2.44. The number of imide groups is 1. The minimum atomic E-state index is -1.02. The standard InChI is InChI=1S/C26H31ClFN3O6S/c1-24(2,3)36-22(33)31(23(34)37-25(4,5)6)19-13-18(16-12-15(27)8-9-17(16)28)29-30-20(19)38-14-26(7)10-11-35-21(26)32/h8-9,12-13H,10-11,14H2,1-7H3. The minimum Gasteiger partial charge on any atom is -0.465 e. The molecule has 3 rings (SSSR count). The number of cyclic esters (lactones) is 1. The fraction of sp³-hybridized carbons (Fsp3) is 0.500. The van der Waals surface area contributed by atoms with E-state index in [1.165, 1.54) is 24.3 Å². The first-order chi connectivity index (χ1) is 17.5. The largest absolute Gasteiger partial charge is 0.465 e. The maximum atomic E-state index is 14.7. The van der Waals surface area contributed by atoms with E-state index >= 15 is 0 Å². The lowest BCUT2D eigenvalue weighted by Gasteiger charge is -2.29. The fourth-order valence-corrected chi connectivity index (χ4v) is 4.64. The van der Waals surface area contributed by atoms with Crippen LogP contribution in [0.1, 0.15) is 54.9 Å². The molecule has 206 valence electrons. The predicted molar refractivity (Wildman–Crippen MR) is 142 cm³/mol. The molecule has 1 aliphatic heterocycles. The fourth-order valence-electron chi connectivity index (χ4n) is 3.35. The number of hydrogen-bond donors (Lipinski definition) is 0. The number of ether oxygens (including phenoxy) is 3. The summed E-state index contributed by atoms with van der Waals surface area (Å²) in [5.41, 5.74) is -2.71. The Morgan fingerprint density at radius 1 is 1.11 bits per heavy atom. The molecular weight excluding hydrogens is 537 g/mol. The van der Waals surface area contributed by atoms with E-state index in [1.54, 1.807) is 48.5 Å². The van der Waals surface area contributed by atoms with Gasteiger partial charge >= 0.3 is 18.2 Å². The Labute approximate surface area is 230 Å². The Morgan fingerprint density at radius 2 is 1.71 bits per heavy atom. The Bertz CT molecular complexity index is 1220. The highest BCUT2D eigenvalue weighted by Gasteiger charge is 2.41. The van der Waals surface area contributed by atoms with Gasteiger partial charge in [0.2, 0.25) is 0 Å². The second kappa shape index (κ2) is 11.1. The molecule has 1 aromatic carbocycles. The van der Waals surface area contributed by atoms with Crippen molar-refractivity contribution in [3.8, 4) is 11.3 Å². The molecule has 0 saturated carbocycles. The van der Waals surface area contributed by atoms with Crippen LogP contribution in [0.5, 0.6) is 0 Å². The highest BCUT2D eigenvalue weighted by molar-refractivity contribution is 7.99. The average Bonchev–Trinajstić information content (AvgIpc) is 3.10. The van der Waals surface area contributed by atoms with Crippen molar-refractivity contribution in [2.75, 3.05) is 17.3 Å². The van der Waals surface area contributed by atoms with Crippen LogP contribution in [0.15, 0.2) is 29.3 Å². The number of rotatable bonds is 5. The summed E-state index contributed by atoms with van der Waals surface area (Å²) in [5.74, 6) is -0.750. The molecule has 0 N–H and O–H groups in total. The van der Waals surface area contributed by atoms with Crippen LogP contribution in [0.4, 0.5) is 19.7 Å². The molecule has 1 saturated heterocycles. The van der Waals surface area contributed by atoms with Crippen molar-refractivity contribution in [3.63, 3.8) is 0 Å². The van der Waals surface area contributed by atoms with Crippen molar-refractivity contribution in [2.45, 2.75) is 71.1 Å². The Hall–Kier alpha value is -2.92. The molecule has 0 aliphatic carbocycles. The van der Waals surface area contributed by atoms with Gasteiger partial charge in [-0.05, 0) is 79.2 Å². The van der Waals surface area contributed by atoms with E-state index in [2.05, 4.69) is 10.2 Å². The quantitative estimate of drug-likeness (QED) is 0.222. The van der Waals surface area contributed by atoms with Gasteiger partial charge in [-0.3, -0.25) is 4.79 Å². The number of hydrogen-bond acceptors (Lipinski definition) is 9. The summed E-state index contributed by atoms with van der Waals surface area (Å²) in [6.07, 6.45) is -1.55. The van der Waals surface area contributed by atoms with E-state index < -0.39 is 34.6 Å². The SMILES string of the molecule is CC(C)(C)OC(=O)N(C(=O)OC(C)(C)C)c1cc(-c2cc(Cl)ccc2F)nnc1SCC1(C)CCOC1=O. The molecule has 0 bridgehead atoms. The van der Waals surface area contributed by atoms with Crippen LogP contribution in [0.25, 0.3) is 11.3 Å². The van der Waals surface area contributed by atoms with Gasteiger partial charge in [-0.1, -0.05) is 11.6 Å². The zero-order chi connectivity index (χ0) is 28.5. The normalized spacial score (nSPS) is 17.7. The molecule has 38 heavy (non-hydrogen) atoms. The summed E-state index contributed by atoms with van der Waals surface area (Å²) >= 11 is 7.18. The number of benzene rings is 1. The van der Waals surface area contributed by atoms with Crippen molar-refractivity contribution in [1.29, 1.82) is 0 Å². The van der Waals surface area contributed by atoms with E-state index in [0.29, 0.717) is 17.9 Å². The number of thioether (sulfide) groups is 1. The molecule has 1 atom stereocenters. The molecule has 2 aromatic rings. The molecule has 2 heterocycles. The van der Waals surface area contributed by atoms with Gasteiger partial charge in [-0.15, -0.1) is 22.0 Å². The van der Waals surface area contributed by atoms with Gasteiger partial charge in [0.15, 0.2) is 0 Å². The summed E-state index contributed by atoms with van der Waals surface area (Å²) in [6, 6.07) is 5.26. The lowest BCUT2D eigenvalue weighted by molar-refractivity contribution is -0.144. The summed E-state index contributed by atoms with van der Waals surface area (Å²) in [7, 11) is 0. The second-order valence-electron chi connectivity index (χ2n) is 11.1. The highest BCUT2D eigenvalue weighted by atomic mass is 35.5. The predicted octanol–water partition coefficient (Wildman–Crippen LogP) is 6.66. The van der Waals surface area contributed by atoms with Gasteiger partial charge in [0.25, 0.3) is 0 Å². The molecule has 0 spiro atoms. The first-order valence-electron chi connectivity index (χ1n) is 11.9. The highest BCUT2D eigenvalue weighted by Crippen LogP contribution is 2.40. The molecule has 1 unspecified atom stereocenters. The van der Waals surface area contributed by atoms with Crippen LogP contribution in [-0.4, -0.2) is 51.9 Å². The molecular formula is C26H31ClFN3O6S. The minimum absolute atomic E-state index is 0.0162. The number of aromatic nitrogens is 2. The zero-order valence-electron chi connectivity index (χ0n) is 22.4. The van der Waals surface area contributed by atoms with E-state index in [9.17, 15) is 18.8 Å². The Balaban J connectivity index is 2.16. The van der Waals surface area contributed by atoms with Crippen LogP contribution in [0.2, 0.25) is 5.02 Å². The maximum absolute atomic E-state index is 14.7. The summed E-state index contributed by atoms with van der Waals surface area (Å²) in [6.45, 7) is 12.0. The molecule has 12 heteroatoms. The Morgan fingerprint density at radius 3 is 2.24 bits per heavy atom. The molecule has 1 fully saturated rings. The average molecular weight is 568 g/mol. The maximum Gasteiger partial charge on any atom is 0.424 e. The summed E-state index contributed by atoms with van der Waals surface area (Å²) in [4.78, 5) is 39.7. The number of nitrogens with zero attached hydrogens (tertiary/aromatic N) is 3. The number of anilines is 1. The molecule has 1 aliphatic rings. The number of carbonyl (C=O) groups excluding carboxylic acids is 3. The van der Waals surface area contributed by atoms with Gasteiger partial charge in [-0.25, -0.2) is 14.0 Å². The smallest absolute Gasteiger partial charge is 0.424 e. The van der Waals surface area contributed by atoms with E-state index in [4.69, 9.17) is 25.8 Å². The summed E-state index contributed by atoms with van der Waals surface area (Å²) in [5, 5.41) is 8.74. The van der Waals surface area contributed by atoms with Gasteiger partial charge in [0.05, 0.1) is 23.4 Å². The third kappa shape index (κ3) is 7.35. The van der Waals surface area contributed by atoms with Crippen LogP contribution in [-0.2, 0) is 19.0 Å². The van der Waals surface area contributed by atoms with Gasteiger partial charge < -0.3 is 14.2 Å². The second-order valence-corrected chi connectivity index (χ2v) is 12.5. The molecule has 0 radical (unpaired) electrons. The lowest BCUT2D eigenvalue weighted by atomic mass is 9.92. The first kappa shape index (κ1) is 29.6. The number of carbonyl (C=O) groups is 3. The topological polar surface area (TPSA) is 108 Å². The third-order valence-corrected chi connectivity index (χ3v) is 6.83.